The van der Waals surface area contributed by atoms with Gasteiger partial charge >= 0.3 is 6.18 Å². The van der Waals surface area contributed by atoms with Gasteiger partial charge in [-0.3, -0.25) is 9.88 Å². The summed E-state index contributed by atoms with van der Waals surface area (Å²) in [7, 11) is 0. The van der Waals surface area contributed by atoms with Gasteiger partial charge in [-0.25, -0.2) is 4.39 Å². The van der Waals surface area contributed by atoms with E-state index in [2.05, 4.69) is 30.3 Å². The van der Waals surface area contributed by atoms with Gasteiger partial charge in [-0.05, 0) is 26.0 Å². The van der Waals surface area contributed by atoms with Crippen LogP contribution >= 0.6 is 0 Å². The highest BCUT2D eigenvalue weighted by Crippen LogP contribution is 2.35. The number of morpholine rings is 1. The molecule has 0 saturated carbocycles. The normalized spacial score (nSPS) is 20.1. The first kappa shape index (κ1) is 23.7. The minimum absolute atomic E-state index is 0.104. The summed E-state index contributed by atoms with van der Waals surface area (Å²) >= 11 is 0. The second-order valence-electron chi connectivity index (χ2n) is 9.01. The number of nitrogens with one attached hydrogen (secondary N) is 1. The van der Waals surface area contributed by atoms with Gasteiger partial charge in [-0.1, -0.05) is 12.1 Å². The molecule has 4 heterocycles. The Morgan fingerprint density at radius 1 is 1.17 bits per heavy atom. The van der Waals surface area contributed by atoms with Crippen molar-refractivity contribution in [1.82, 2.24) is 20.1 Å². The van der Waals surface area contributed by atoms with Crippen molar-refractivity contribution in [3.8, 4) is 0 Å². The molecule has 2 fully saturated rings. The van der Waals surface area contributed by atoms with Gasteiger partial charge in [0.05, 0.1) is 54.0 Å². The molecule has 2 atom stereocenters. The summed E-state index contributed by atoms with van der Waals surface area (Å²) < 4.78 is 59.9. The molecule has 0 spiro atoms. The van der Waals surface area contributed by atoms with Gasteiger partial charge in [0.15, 0.2) is 5.82 Å². The molecule has 11 heteroatoms. The number of halogens is 4. The number of piperazine rings is 1. The van der Waals surface area contributed by atoms with Crippen LogP contribution in [0.4, 0.5) is 29.1 Å². The minimum Gasteiger partial charge on any atom is -0.378 e. The Labute approximate surface area is 200 Å². The van der Waals surface area contributed by atoms with E-state index >= 15 is 0 Å². The van der Waals surface area contributed by atoms with Crippen molar-refractivity contribution < 1.29 is 22.3 Å². The number of rotatable bonds is 4. The average Bonchev–Trinajstić information content (AvgIpc) is 2.84. The van der Waals surface area contributed by atoms with E-state index in [0.717, 1.165) is 44.5 Å². The number of pyridine rings is 1. The van der Waals surface area contributed by atoms with Crippen LogP contribution in [0.3, 0.4) is 0 Å². The zero-order chi connectivity index (χ0) is 24.7. The molecule has 0 aliphatic carbocycles. The highest BCUT2D eigenvalue weighted by atomic mass is 19.4. The maximum atomic E-state index is 14.7. The number of anilines is 2. The lowest BCUT2D eigenvalue weighted by molar-refractivity contribution is -0.140. The van der Waals surface area contributed by atoms with Crippen LogP contribution in [0, 0.1) is 12.7 Å². The van der Waals surface area contributed by atoms with Crippen LogP contribution in [0.2, 0.25) is 0 Å². The summed E-state index contributed by atoms with van der Waals surface area (Å²) in [5.74, 6) is -0.959. The summed E-state index contributed by atoms with van der Waals surface area (Å²) in [5.41, 5.74) is 0.769. The van der Waals surface area contributed by atoms with Gasteiger partial charge in [0, 0.05) is 37.1 Å². The number of aryl methyl sites for hydroxylation is 1. The summed E-state index contributed by atoms with van der Waals surface area (Å²) in [6.45, 7) is 8.33. The Balaban J connectivity index is 1.45. The van der Waals surface area contributed by atoms with E-state index in [1.54, 1.807) is 20.0 Å². The lowest BCUT2D eigenvalue weighted by atomic mass is 10.0. The molecule has 1 aromatic carbocycles. The van der Waals surface area contributed by atoms with Crippen LogP contribution < -0.4 is 10.2 Å². The number of benzene rings is 1. The largest absolute Gasteiger partial charge is 0.419 e. The summed E-state index contributed by atoms with van der Waals surface area (Å²) in [5, 5.41) is 12.1. The number of nitrogens with zero attached hydrogens (tertiary/aromatic N) is 5. The first-order valence-electron chi connectivity index (χ1n) is 11.5. The lowest BCUT2D eigenvalue weighted by Gasteiger charge is -2.44. The Hall–Kier alpha value is -3.05. The molecule has 2 aromatic heterocycles. The molecular formula is C24H26F4N6O. The summed E-state index contributed by atoms with van der Waals surface area (Å²) in [4.78, 5) is 9.29. The van der Waals surface area contributed by atoms with Gasteiger partial charge in [-0.15, -0.1) is 5.10 Å². The number of aromatic nitrogens is 3. The van der Waals surface area contributed by atoms with Gasteiger partial charge in [0.25, 0.3) is 0 Å². The molecule has 2 saturated heterocycles. The monoisotopic (exact) mass is 490 g/mol. The maximum Gasteiger partial charge on any atom is 0.419 e. The number of alkyl halides is 3. The molecule has 7 nitrogen and oxygen atoms in total. The van der Waals surface area contributed by atoms with E-state index < -0.39 is 23.6 Å². The predicted octanol–water partition coefficient (Wildman–Crippen LogP) is 4.19. The first-order valence-corrected chi connectivity index (χ1v) is 11.5. The Kier molecular flexibility index (Phi) is 6.22. The standard InChI is InChI=1S/C24H26F4N6O/c1-14(18-4-3-5-20(21(18)25)24(26,27)28)30-23-19-10-16(11-29-22(19)15(2)31-32-23)34-7-6-33-8-9-35-13-17(33)12-34/h3-5,10-11,14,17H,6-9,12-13H2,1-2H3,(H,30,32)/t14-,17+/m1/s1. The van der Waals surface area contributed by atoms with E-state index in [1.165, 1.54) is 12.1 Å². The van der Waals surface area contributed by atoms with Crippen molar-refractivity contribution in [2.75, 3.05) is 49.6 Å². The van der Waals surface area contributed by atoms with Crippen molar-refractivity contribution in [2.24, 2.45) is 0 Å². The van der Waals surface area contributed by atoms with Crippen LogP contribution in [0.25, 0.3) is 10.9 Å². The third-order valence-electron chi connectivity index (χ3n) is 6.73. The molecule has 0 bridgehead atoms. The zero-order valence-corrected chi connectivity index (χ0v) is 19.4. The van der Waals surface area contributed by atoms with Crippen molar-refractivity contribution in [3.63, 3.8) is 0 Å². The lowest BCUT2D eigenvalue weighted by Crippen LogP contribution is -2.58. The van der Waals surface area contributed by atoms with Crippen LogP contribution in [0.15, 0.2) is 30.5 Å². The van der Waals surface area contributed by atoms with Crippen molar-refractivity contribution in [2.45, 2.75) is 32.1 Å². The Morgan fingerprint density at radius 2 is 2.00 bits per heavy atom. The minimum atomic E-state index is -4.78. The summed E-state index contributed by atoms with van der Waals surface area (Å²) in [6, 6.07) is 4.76. The molecule has 186 valence electrons. The van der Waals surface area contributed by atoms with Crippen molar-refractivity contribution in [3.05, 3.63) is 53.1 Å². The van der Waals surface area contributed by atoms with Crippen LogP contribution in [0.1, 0.15) is 29.8 Å². The predicted molar refractivity (Wildman–Crippen MR) is 124 cm³/mol. The summed E-state index contributed by atoms with van der Waals surface area (Å²) in [6.07, 6.45) is -2.97. The van der Waals surface area contributed by atoms with Gasteiger partial charge in [0.2, 0.25) is 0 Å². The van der Waals surface area contributed by atoms with Gasteiger partial charge in [-0.2, -0.15) is 18.3 Å². The molecule has 0 radical (unpaired) electrons. The highest BCUT2D eigenvalue weighted by Gasteiger charge is 2.35. The fourth-order valence-corrected chi connectivity index (χ4v) is 4.80. The molecule has 0 amide bonds. The van der Waals surface area contributed by atoms with Crippen molar-refractivity contribution >= 4 is 22.4 Å². The first-order chi connectivity index (χ1) is 16.7. The third-order valence-corrected chi connectivity index (χ3v) is 6.73. The molecule has 2 aliphatic heterocycles. The van der Waals surface area contributed by atoms with E-state index in [0.29, 0.717) is 35.1 Å². The topological polar surface area (TPSA) is 66.4 Å². The molecular weight excluding hydrogens is 464 g/mol. The maximum absolute atomic E-state index is 14.7. The molecule has 3 aromatic rings. The SMILES string of the molecule is Cc1nnc(N[C@H](C)c2cccc(C(F)(F)F)c2F)c2cc(N3CCN4CCOC[C@@H]4C3)cnc12. The van der Waals surface area contributed by atoms with Crippen LogP contribution in [-0.2, 0) is 10.9 Å². The number of hydrogen-bond donors (Lipinski definition) is 1. The molecule has 0 unspecified atom stereocenters. The second-order valence-corrected chi connectivity index (χ2v) is 9.01. The number of ether oxygens (including phenoxy) is 1. The second kappa shape index (κ2) is 9.19. The van der Waals surface area contributed by atoms with E-state index in [1.807, 2.05) is 6.07 Å². The highest BCUT2D eigenvalue weighted by molar-refractivity contribution is 5.92. The fourth-order valence-electron chi connectivity index (χ4n) is 4.80. The quantitative estimate of drug-likeness (QED) is 0.551. The zero-order valence-electron chi connectivity index (χ0n) is 19.4. The molecule has 1 N–H and O–H groups in total. The van der Waals surface area contributed by atoms with E-state index in [9.17, 15) is 17.6 Å². The van der Waals surface area contributed by atoms with Crippen molar-refractivity contribution in [1.29, 1.82) is 0 Å². The fraction of sp³-hybridized carbons (Fsp3) is 0.458. The average molecular weight is 491 g/mol. The Bertz CT molecular complexity index is 1240. The van der Waals surface area contributed by atoms with E-state index in [-0.39, 0.29) is 5.56 Å². The molecule has 35 heavy (non-hydrogen) atoms. The smallest absolute Gasteiger partial charge is 0.378 e. The van der Waals surface area contributed by atoms with Crippen LogP contribution in [-0.4, -0.2) is 65.5 Å². The Morgan fingerprint density at radius 3 is 2.80 bits per heavy atom. The van der Waals surface area contributed by atoms with Crippen LogP contribution in [0.5, 0.6) is 0 Å². The van der Waals surface area contributed by atoms with Gasteiger partial charge in [0.1, 0.15) is 5.82 Å². The number of hydrogen-bond acceptors (Lipinski definition) is 7. The van der Waals surface area contributed by atoms with E-state index in [4.69, 9.17) is 4.74 Å². The van der Waals surface area contributed by atoms with Gasteiger partial charge < -0.3 is 15.0 Å². The molecule has 2 aliphatic rings. The molecule has 5 rings (SSSR count). The third kappa shape index (κ3) is 4.62. The number of fused-ring (bicyclic) bond motifs is 2.